The van der Waals surface area contributed by atoms with E-state index in [0.29, 0.717) is 23.7 Å². The summed E-state index contributed by atoms with van der Waals surface area (Å²) in [6.07, 6.45) is -0.393. The molecule has 1 aliphatic heterocycles. The number of carbonyl (C=O) groups excluding carboxylic acids is 1. The average Bonchev–Trinajstić information content (AvgIpc) is 3.04. The highest BCUT2D eigenvalue weighted by molar-refractivity contribution is 5.94. The average molecular weight is 334 g/mol. The molecule has 1 aromatic carbocycles. The molecule has 0 saturated carbocycles. The van der Waals surface area contributed by atoms with Gasteiger partial charge in [0.05, 0.1) is 24.3 Å². The van der Waals surface area contributed by atoms with Crippen molar-refractivity contribution in [3.05, 3.63) is 18.2 Å². The molecule has 1 N–H and O–H groups in total. The van der Waals surface area contributed by atoms with Crippen molar-refractivity contribution in [1.82, 2.24) is 10.1 Å². The van der Waals surface area contributed by atoms with Crippen molar-refractivity contribution >= 4 is 28.6 Å². The van der Waals surface area contributed by atoms with E-state index in [0.717, 1.165) is 38.2 Å². The highest BCUT2D eigenvalue weighted by Crippen LogP contribution is 2.26. The molecule has 1 saturated heterocycles. The van der Waals surface area contributed by atoms with E-state index in [1.807, 2.05) is 12.1 Å². The lowest BCUT2D eigenvalue weighted by Crippen LogP contribution is -2.39. The molecular formula is C16H22N4O4. The van der Waals surface area contributed by atoms with Gasteiger partial charge in [0.25, 0.3) is 0 Å². The first kappa shape index (κ1) is 16.5. The van der Waals surface area contributed by atoms with Gasteiger partial charge in [-0.15, -0.1) is 0 Å². The van der Waals surface area contributed by atoms with Gasteiger partial charge in [0.15, 0.2) is 11.4 Å². The quantitative estimate of drug-likeness (QED) is 0.892. The Morgan fingerprint density at radius 3 is 2.96 bits per heavy atom. The molecule has 1 aromatic heterocycles. The summed E-state index contributed by atoms with van der Waals surface area (Å²) in [6, 6.07) is 5.47. The molecule has 0 bridgehead atoms. The second kappa shape index (κ2) is 7.50. The number of hydrogen-bond acceptors (Lipinski definition) is 7. The number of ether oxygens (including phenoxy) is 2. The second-order valence-corrected chi connectivity index (χ2v) is 5.59. The van der Waals surface area contributed by atoms with Crippen molar-refractivity contribution in [2.24, 2.45) is 0 Å². The van der Waals surface area contributed by atoms with Crippen molar-refractivity contribution in [2.45, 2.75) is 0 Å². The van der Waals surface area contributed by atoms with Crippen molar-refractivity contribution in [1.29, 1.82) is 0 Å². The molecule has 1 aliphatic rings. The maximum atomic E-state index is 12.2. The molecule has 0 unspecified atom stereocenters. The molecular weight excluding hydrogens is 312 g/mol. The first-order valence-electron chi connectivity index (χ1n) is 7.97. The number of nitrogens with zero attached hydrogens (tertiary/aromatic N) is 3. The van der Waals surface area contributed by atoms with Crippen LogP contribution in [0.2, 0.25) is 0 Å². The minimum absolute atomic E-state index is 0.359. The van der Waals surface area contributed by atoms with Crippen LogP contribution >= 0.6 is 0 Å². The highest BCUT2D eigenvalue weighted by Gasteiger charge is 2.16. The summed E-state index contributed by atoms with van der Waals surface area (Å²) in [4.78, 5) is 15.9. The summed E-state index contributed by atoms with van der Waals surface area (Å²) >= 11 is 0. The van der Waals surface area contributed by atoms with Crippen LogP contribution in [0.5, 0.6) is 0 Å². The van der Waals surface area contributed by atoms with Gasteiger partial charge < -0.3 is 19.3 Å². The Bertz CT molecular complexity index is 696. The number of morpholine rings is 1. The van der Waals surface area contributed by atoms with E-state index >= 15 is 0 Å². The molecule has 24 heavy (non-hydrogen) atoms. The van der Waals surface area contributed by atoms with Crippen LogP contribution in [0, 0.1) is 0 Å². The molecule has 8 nitrogen and oxygen atoms in total. The molecule has 2 aromatic rings. The van der Waals surface area contributed by atoms with Crippen LogP contribution in [0.4, 0.5) is 16.3 Å². The van der Waals surface area contributed by atoms with E-state index in [4.69, 9.17) is 14.0 Å². The second-order valence-electron chi connectivity index (χ2n) is 5.59. The third-order valence-corrected chi connectivity index (χ3v) is 4.09. The third kappa shape index (κ3) is 3.60. The van der Waals surface area contributed by atoms with Crippen LogP contribution in [0.3, 0.4) is 0 Å². The Hall–Kier alpha value is -2.32. The van der Waals surface area contributed by atoms with E-state index < -0.39 is 6.09 Å². The van der Waals surface area contributed by atoms with Gasteiger partial charge in [-0.3, -0.25) is 9.80 Å². The highest BCUT2D eigenvalue weighted by atomic mass is 16.6. The van der Waals surface area contributed by atoms with Crippen molar-refractivity contribution in [2.75, 3.05) is 63.8 Å². The van der Waals surface area contributed by atoms with Gasteiger partial charge in [0.2, 0.25) is 0 Å². The molecule has 130 valence electrons. The van der Waals surface area contributed by atoms with Gasteiger partial charge in [0, 0.05) is 39.8 Å². The first-order valence-corrected chi connectivity index (χ1v) is 7.97. The number of carbonyl (C=O) groups is 1. The summed E-state index contributed by atoms with van der Waals surface area (Å²) in [5.41, 5.74) is 1.31. The molecule has 0 aliphatic carbocycles. The number of benzene rings is 1. The zero-order valence-corrected chi connectivity index (χ0v) is 13.9. The SMILES string of the molecule is CNc1noc2cc(N(C)C(=O)OCCN3CCOCC3)ccc12. The number of fused-ring (bicyclic) bond motifs is 1. The van der Waals surface area contributed by atoms with Gasteiger partial charge in [-0.2, -0.15) is 0 Å². The predicted molar refractivity (Wildman–Crippen MR) is 90.6 cm³/mol. The van der Waals surface area contributed by atoms with Crippen LogP contribution in [0.15, 0.2) is 22.7 Å². The maximum Gasteiger partial charge on any atom is 0.414 e. The summed E-state index contributed by atoms with van der Waals surface area (Å²) < 4.78 is 15.9. The third-order valence-electron chi connectivity index (χ3n) is 4.09. The first-order chi connectivity index (χ1) is 11.7. The summed E-state index contributed by atoms with van der Waals surface area (Å²) in [6.45, 7) is 4.30. The zero-order chi connectivity index (χ0) is 16.9. The summed E-state index contributed by atoms with van der Waals surface area (Å²) in [7, 11) is 3.46. The van der Waals surface area contributed by atoms with Crippen LogP contribution in [-0.2, 0) is 9.47 Å². The number of rotatable bonds is 5. The zero-order valence-electron chi connectivity index (χ0n) is 13.9. The lowest BCUT2D eigenvalue weighted by molar-refractivity contribution is 0.0286. The Kier molecular flexibility index (Phi) is 5.17. The Balaban J connectivity index is 1.56. The smallest absolute Gasteiger partial charge is 0.414 e. The number of nitrogens with one attached hydrogen (secondary N) is 1. The molecule has 1 fully saturated rings. The number of amides is 1. The normalized spacial score (nSPS) is 15.4. The van der Waals surface area contributed by atoms with Crippen LogP contribution in [-0.4, -0.2) is 69.7 Å². The van der Waals surface area contributed by atoms with Crippen LogP contribution in [0.1, 0.15) is 0 Å². The minimum atomic E-state index is -0.393. The lowest BCUT2D eigenvalue weighted by Gasteiger charge is -2.26. The monoisotopic (exact) mass is 334 g/mol. The topological polar surface area (TPSA) is 80.1 Å². The molecule has 0 radical (unpaired) electrons. The van der Waals surface area contributed by atoms with E-state index in [1.54, 1.807) is 20.2 Å². The number of hydrogen-bond donors (Lipinski definition) is 1. The van der Waals surface area contributed by atoms with Crippen molar-refractivity contribution in [3.63, 3.8) is 0 Å². The fourth-order valence-corrected chi connectivity index (χ4v) is 2.60. The van der Waals surface area contributed by atoms with Gasteiger partial charge >= 0.3 is 6.09 Å². The van der Waals surface area contributed by atoms with Gasteiger partial charge in [-0.05, 0) is 12.1 Å². The van der Waals surface area contributed by atoms with E-state index in [1.165, 1.54) is 4.90 Å². The lowest BCUT2D eigenvalue weighted by atomic mass is 10.2. The van der Waals surface area contributed by atoms with Gasteiger partial charge in [0.1, 0.15) is 6.61 Å². The molecule has 3 rings (SSSR count). The van der Waals surface area contributed by atoms with E-state index in [2.05, 4.69) is 15.4 Å². The van der Waals surface area contributed by atoms with Crippen molar-refractivity contribution < 1.29 is 18.8 Å². The number of anilines is 2. The molecule has 2 heterocycles. The van der Waals surface area contributed by atoms with Gasteiger partial charge in [-0.25, -0.2) is 4.79 Å². The van der Waals surface area contributed by atoms with E-state index in [-0.39, 0.29) is 0 Å². The molecule has 0 atom stereocenters. The van der Waals surface area contributed by atoms with Crippen LogP contribution in [0.25, 0.3) is 11.0 Å². The summed E-state index contributed by atoms with van der Waals surface area (Å²) in [5, 5.41) is 7.75. The molecule has 1 amide bonds. The molecule has 8 heteroatoms. The van der Waals surface area contributed by atoms with E-state index in [9.17, 15) is 4.79 Å². The summed E-state index contributed by atoms with van der Waals surface area (Å²) in [5.74, 6) is 0.673. The standard InChI is InChI=1S/C16H22N4O4/c1-17-15-13-4-3-12(11-14(13)24-18-15)19(2)16(21)23-10-7-20-5-8-22-9-6-20/h3-4,11H,5-10H2,1-2H3,(H,17,18). The Morgan fingerprint density at radius 2 is 2.21 bits per heavy atom. The maximum absolute atomic E-state index is 12.2. The number of aromatic nitrogens is 1. The largest absolute Gasteiger partial charge is 0.448 e. The minimum Gasteiger partial charge on any atom is -0.448 e. The predicted octanol–water partition coefficient (Wildman–Crippen LogP) is 1.77. The van der Waals surface area contributed by atoms with Crippen molar-refractivity contribution in [3.8, 4) is 0 Å². The fraction of sp³-hybridized carbons (Fsp3) is 0.500. The fourth-order valence-electron chi connectivity index (χ4n) is 2.60. The van der Waals surface area contributed by atoms with Gasteiger partial charge in [-0.1, -0.05) is 5.16 Å². The Labute approximate surface area is 140 Å². The molecule has 0 spiro atoms. The Morgan fingerprint density at radius 1 is 1.42 bits per heavy atom. The van der Waals surface area contributed by atoms with Crippen LogP contribution < -0.4 is 10.2 Å².